The number of fused-ring (bicyclic) bond motifs is 1. The zero-order valence-corrected chi connectivity index (χ0v) is 18.6. The standard InChI is InChI=1S/C27H27FN4O/c1-31-12-14-32(15-13-31)18-20-16-22(10-11-27(20)33)29-26-17-25(19-6-8-21(28)9-7-19)30-24-5-3-2-4-23(24)26/h2-11,16-17,33H,12-15,18H2,1H3,(H,29,30). The van der Waals surface area contributed by atoms with Crippen LogP contribution in [0.4, 0.5) is 15.8 Å². The van der Waals surface area contributed by atoms with Gasteiger partial charge in [0.05, 0.1) is 16.9 Å². The number of phenols is 1. The van der Waals surface area contributed by atoms with Crippen molar-refractivity contribution in [3.63, 3.8) is 0 Å². The molecule has 0 unspecified atom stereocenters. The van der Waals surface area contributed by atoms with Gasteiger partial charge in [-0.1, -0.05) is 18.2 Å². The smallest absolute Gasteiger partial charge is 0.123 e. The molecular weight excluding hydrogens is 415 g/mol. The van der Waals surface area contributed by atoms with Gasteiger partial charge in [0.25, 0.3) is 0 Å². The first-order chi connectivity index (χ1) is 16.0. The van der Waals surface area contributed by atoms with Crippen molar-refractivity contribution in [2.45, 2.75) is 6.54 Å². The summed E-state index contributed by atoms with van der Waals surface area (Å²) in [5.74, 6) is 0.0425. The Bertz CT molecular complexity index is 1270. The van der Waals surface area contributed by atoms with E-state index in [-0.39, 0.29) is 5.82 Å². The van der Waals surface area contributed by atoms with Gasteiger partial charge in [-0.25, -0.2) is 9.37 Å². The summed E-state index contributed by atoms with van der Waals surface area (Å²) in [6.45, 7) is 4.77. The molecule has 1 aromatic heterocycles. The number of anilines is 2. The summed E-state index contributed by atoms with van der Waals surface area (Å²) in [7, 11) is 2.14. The third-order valence-corrected chi connectivity index (χ3v) is 6.20. The van der Waals surface area contributed by atoms with Gasteiger partial charge in [-0.15, -0.1) is 0 Å². The minimum atomic E-state index is -0.269. The van der Waals surface area contributed by atoms with Crippen molar-refractivity contribution in [3.8, 4) is 17.0 Å². The fourth-order valence-electron chi connectivity index (χ4n) is 4.24. The van der Waals surface area contributed by atoms with E-state index in [1.165, 1.54) is 12.1 Å². The van der Waals surface area contributed by atoms with Crippen molar-refractivity contribution in [3.05, 3.63) is 84.2 Å². The zero-order valence-electron chi connectivity index (χ0n) is 18.6. The Morgan fingerprint density at radius 3 is 2.48 bits per heavy atom. The van der Waals surface area contributed by atoms with Gasteiger partial charge < -0.3 is 15.3 Å². The monoisotopic (exact) mass is 442 g/mol. The van der Waals surface area contributed by atoms with Gasteiger partial charge in [0.15, 0.2) is 0 Å². The van der Waals surface area contributed by atoms with Crippen molar-refractivity contribution in [1.82, 2.24) is 14.8 Å². The maximum Gasteiger partial charge on any atom is 0.123 e. The molecule has 0 saturated carbocycles. The highest BCUT2D eigenvalue weighted by Crippen LogP contribution is 2.32. The van der Waals surface area contributed by atoms with Gasteiger partial charge in [-0.05, 0) is 61.6 Å². The highest BCUT2D eigenvalue weighted by Gasteiger charge is 2.16. The molecule has 4 aromatic rings. The van der Waals surface area contributed by atoms with E-state index in [4.69, 9.17) is 4.98 Å². The first kappa shape index (κ1) is 21.4. The molecule has 0 bridgehead atoms. The summed E-state index contributed by atoms with van der Waals surface area (Å²) >= 11 is 0. The molecule has 6 heteroatoms. The number of benzene rings is 3. The first-order valence-corrected chi connectivity index (χ1v) is 11.2. The molecule has 1 aliphatic heterocycles. The molecule has 5 rings (SSSR count). The number of aromatic hydroxyl groups is 1. The van der Waals surface area contributed by atoms with Gasteiger partial charge in [-0.2, -0.15) is 0 Å². The van der Waals surface area contributed by atoms with E-state index in [1.54, 1.807) is 18.2 Å². The third-order valence-electron chi connectivity index (χ3n) is 6.20. The molecule has 2 heterocycles. The number of pyridine rings is 1. The second-order valence-electron chi connectivity index (χ2n) is 8.63. The van der Waals surface area contributed by atoms with Crippen molar-refractivity contribution in [2.24, 2.45) is 0 Å². The lowest BCUT2D eigenvalue weighted by molar-refractivity contribution is 0.147. The molecule has 0 amide bonds. The Morgan fingerprint density at radius 2 is 1.70 bits per heavy atom. The number of aromatic nitrogens is 1. The summed E-state index contributed by atoms with van der Waals surface area (Å²) in [6.07, 6.45) is 0. The lowest BCUT2D eigenvalue weighted by Crippen LogP contribution is -2.43. The maximum absolute atomic E-state index is 13.4. The Hall–Kier alpha value is -3.48. The molecule has 1 aliphatic rings. The number of likely N-dealkylation sites (N-methyl/N-ethyl adjacent to an activating group) is 1. The minimum Gasteiger partial charge on any atom is -0.508 e. The van der Waals surface area contributed by atoms with Gasteiger partial charge in [-0.3, -0.25) is 4.90 Å². The van der Waals surface area contributed by atoms with Crippen LogP contribution < -0.4 is 5.32 Å². The summed E-state index contributed by atoms with van der Waals surface area (Å²) in [4.78, 5) is 9.47. The summed E-state index contributed by atoms with van der Waals surface area (Å²) < 4.78 is 13.4. The third kappa shape index (κ3) is 4.82. The van der Waals surface area contributed by atoms with Crippen LogP contribution >= 0.6 is 0 Å². The van der Waals surface area contributed by atoms with Crippen LogP contribution in [0, 0.1) is 5.82 Å². The largest absolute Gasteiger partial charge is 0.508 e. The predicted molar refractivity (Wildman–Crippen MR) is 131 cm³/mol. The first-order valence-electron chi connectivity index (χ1n) is 11.2. The number of hydrogen-bond donors (Lipinski definition) is 2. The number of phenolic OH excluding ortho intramolecular Hbond substituents is 1. The Kier molecular flexibility index (Phi) is 5.94. The van der Waals surface area contributed by atoms with Crippen LogP contribution in [-0.4, -0.2) is 53.1 Å². The van der Waals surface area contributed by atoms with E-state index in [2.05, 4.69) is 22.2 Å². The second-order valence-corrected chi connectivity index (χ2v) is 8.63. The maximum atomic E-state index is 13.4. The molecule has 33 heavy (non-hydrogen) atoms. The Labute approximate surface area is 193 Å². The van der Waals surface area contributed by atoms with Crippen LogP contribution in [0.2, 0.25) is 0 Å². The Morgan fingerprint density at radius 1 is 0.939 bits per heavy atom. The van der Waals surface area contributed by atoms with E-state index in [0.29, 0.717) is 12.3 Å². The zero-order chi connectivity index (χ0) is 22.8. The van der Waals surface area contributed by atoms with Crippen molar-refractivity contribution < 1.29 is 9.50 Å². The van der Waals surface area contributed by atoms with Crippen LogP contribution in [0.1, 0.15) is 5.56 Å². The molecule has 0 radical (unpaired) electrons. The molecule has 1 fully saturated rings. The summed E-state index contributed by atoms with van der Waals surface area (Å²) in [6, 6.07) is 22.0. The molecule has 0 spiro atoms. The molecule has 168 valence electrons. The fraction of sp³-hybridized carbons (Fsp3) is 0.222. The predicted octanol–water partition coefficient (Wildman–Crippen LogP) is 5.24. The lowest BCUT2D eigenvalue weighted by Gasteiger charge is -2.32. The fourth-order valence-corrected chi connectivity index (χ4v) is 4.24. The quantitative estimate of drug-likeness (QED) is 0.414. The molecule has 0 aliphatic carbocycles. The molecule has 2 N–H and O–H groups in total. The van der Waals surface area contributed by atoms with Gasteiger partial charge in [0.1, 0.15) is 11.6 Å². The number of hydrogen-bond acceptors (Lipinski definition) is 5. The van der Waals surface area contributed by atoms with Crippen molar-refractivity contribution >= 4 is 22.3 Å². The van der Waals surface area contributed by atoms with Crippen LogP contribution in [0.15, 0.2) is 72.8 Å². The van der Waals surface area contributed by atoms with E-state index >= 15 is 0 Å². The molecule has 0 atom stereocenters. The number of nitrogens with zero attached hydrogens (tertiary/aromatic N) is 3. The molecule has 5 nitrogen and oxygen atoms in total. The number of rotatable bonds is 5. The average Bonchev–Trinajstić information content (AvgIpc) is 2.83. The number of halogens is 1. The van der Waals surface area contributed by atoms with E-state index in [9.17, 15) is 9.50 Å². The number of nitrogens with one attached hydrogen (secondary N) is 1. The average molecular weight is 443 g/mol. The molecule has 1 saturated heterocycles. The van der Waals surface area contributed by atoms with Gasteiger partial charge in [0, 0.05) is 54.9 Å². The van der Waals surface area contributed by atoms with Gasteiger partial charge in [0.2, 0.25) is 0 Å². The van der Waals surface area contributed by atoms with Crippen LogP contribution in [0.25, 0.3) is 22.2 Å². The van der Waals surface area contributed by atoms with Gasteiger partial charge >= 0.3 is 0 Å². The number of piperazine rings is 1. The lowest BCUT2D eigenvalue weighted by atomic mass is 10.1. The van der Waals surface area contributed by atoms with E-state index in [1.807, 2.05) is 42.5 Å². The summed E-state index contributed by atoms with van der Waals surface area (Å²) in [5, 5.41) is 15.0. The van der Waals surface area contributed by atoms with E-state index < -0.39 is 0 Å². The second kappa shape index (κ2) is 9.17. The van der Waals surface area contributed by atoms with Crippen molar-refractivity contribution in [2.75, 3.05) is 38.5 Å². The van der Waals surface area contributed by atoms with Crippen LogP contribution in [-0.2, 0) is 6.54 Å². The van der Waals surface area contributed by atoms with Crippen molar-refractivity contribution in [1.29, 1.82) is 0 Å². The molecular formula is C27H27FN4O. The summed E-state index contributed by atoms with van der Waals surface area (Å²) in [5.41, 5.74) is 5.20. The Balaban J connectivity index is 1.46. The SMILES string of the molecule is CN1CCN(Cc2cc(Nc3cc(-c4ccc(F)cc4)nc4ccccc34)ccc2O)CC1. The molecule has 3 aromatic carbocycles. The highest BCUT2D eigenvalue weighted by atomic mass is 19.1. The van der Waals surface area contributed by atoms with Crippen LogP contribution in [0.3, 0.4) is 0 Å². The topological polar surface area (TPSA) is 51.6 Å². The van der Waals surface area contributed by atoms with E-state index in [0.717, 1.165) is 65.3 Å². The highest BCUT2D eigenvalue weighted by molar-refractivity contribution is 5.95. The minimum absolute atomic E-state index is 0.269. The number of para-hydroxylation sites is 1. The van der Waals surface area contributed by atoms with Crippen LogP contribution in [0.5, 0.6) is 5.75 Å². The normalized spacial score (nSPS) is 15.1.